The number of amides is 3. The minimum Gasteiger partial charge on any atom is -0.480 e. The van der Waals surface area contributed by atoms with Crippen LogP contribution in [0.1, 0.15) is 23.2 Å². The summed E-state index contributed by atoms with van der Waals surface area (Å²) >= 11 is 5.90. The van der Waals surface area contributed by atoms with Crippen molar-refractivity contribution in [3.05, 3.63) is 29.8 Å². The molecule has 1 aromatic carbocycles. The number of rotatable bonds is 6. The summed E-state index contributed by atoms with van der Waals surface area (Å²) in [6.07, 6.45) is 1.87. The normalized spacial score (nSPS) is 15.4. The summed E-state index contributed by atoms with van der Waals surface area (Å²) in [6.45, 7) is 1.72. The molecule has 2 rings (SSSR count). The molecule has 136 valence electrons. The number of piperidine rings is 1. The van der Waals surface area contributed by atoms with Gasteiger partial charge in [0, 0.05) is 30.9 Å². The van der Waals surface area contributed by atoms with Gasteiger partial charge < -0.3 is 21.1 Å². The minimum atomic E-state index is -1.12. The van der Waals surface area contributed by atoms with Gasteiger partial charge in [0.15, 0.2) is 0 Å². The van der Waals surface area contributed by atoms with Gasteiger partial charge in [0.1, 0.15) is 6.54 Å². The van der Waals surface area contributed by atoms with Crippen LogP contribution in [0.15, 0.2) is 24.3 Å². The molecule has 1 heterocycles. The molecule has 0 saturated carbocycles. The molecule has 0 unspecified atom stereocenters. The molecular weight excluding hydrogens is 348 g/mol. The van der Waals surface area contributed by atoms with Crippen LogP contribution in [-0.2, 0) is 4.79 Å². The van der Waals surface area contributed by atoms with Gasteiger partial charge in [-0.25, -0.2) is 9.21 Å². The largest absolute Gasteiger partial charge is 0.480 e. The number of benzene rings is 1. The van der Waals surface area contributed by atoms with Crippen LogP contribution in [0.2, 0.25) is 0 Å². The third-order valence-corrected chi connectivity index (χ3v) is 4.23. The number of carbonyl (C=O) groups excluding carboxylic acids is 2. The predicted molar refractivity (Wildman–Crippen MR) is 93.6 cm³/mol. The van der Waals surface area contributed by atoms with E-state index < -0.39 is 18.4 Å². The van der Waals surface area contributed by atoms with E-state index in [0.717, 1.165) is 25.9 Å². The van der Waals surface area contributed by atoms with Gasteiger partial charge in [0.25, 0.3) is 5.91 Å². The Kier molecular flexibility index (Phi) is 7.03. The molecule has 1 fully saturated rings. The maximum absolute atomic E-state index is 12.0. The van der Waals surface area contributed by atoms with E-state index in [2.05, 4.69) is 16.0 Å². The van der Waals surface area contributed by atoms with Gasteiger partial charge in [-0.1, -0.05) is 6.07 Å². The summed E-state index contributed by atoms with van der Waals surface area (Å²) in [5.74, 6) is -1.24. The Morgan fingerprint density at radius 2 is 1.92 bits per heavy atom. The van der Waals surface area contributed by atoms with E-state index in [4.69, 9.17) is 16.9 Å². The average molecular weight is 369 g/mol. The minimum absolute atomic E-state index is 0.272. The number of halogens is 1. The molecule has 0 aromatic heterocycles. The number of carboxylic acids is 1. The fraction of sp³-hybridized carbons (Fsp3) is 0.438. The highest BCUT2D eigenvalue weighted by Gasteiger charge is 2.18. The third kappa shape index (κ3) is 6.60. The van der Waals surface area contributed by atoms with Gasteiger partial charge in [-0.05, 0) is 48.7 Å². The van der Waals surface area contributed by atoms with Crippen molar-refractivity contribution in [1.82, 2.24) is 15.1 Å². The lowest BCUT2D eigenvalue weighted by atomic mass is 9.98. The molecular formula is C16H21ClN4O4. The van der Waals surface area contributed by atoms with E-state index in [1.807, 2.05) is 0 Å². The van der Waals surface area contributed by atoms with Crippen molar-refractivity contribution < 1.29 is 19.5 Å². The lowest BCUT2D eigenvalue weighted by molar-refractivity contribution is -0.135. The Balaban J connectivity index is 1.81. The highest BCUT2D eigenvalue weighted by Crippen LogP contribution is 2.17. The number of carbonyl (C=O) groups is 3. The van der Waals surface area contributed by atoms with Crippen molar-refractivity contribution in [1.29, 1.82) is 0 Å². The summed E-state index contributed by atoms with van der Waals surface area (Å²) in [7, 11) is 0. The number of nitrogens with zero attached hydrogens (tertiary/aromatic N) is 1. The van der Waals surface area contributed by atoms with E-state index in [-0.39, 0.29) is 11.6 Å². The number of hydrogen-bond donors (Lipinski definition) is 4. The van der Waals surface area contributed by atoms with Crippen LogP contribution >= 0.6 is 11.8 Å². The molecule has 0 atom stereocenters. The second-order valence-electron chi connectivity index (χ2n) is 5.85. The number of aliphatic carboxylic acids is 1. The summed E-state index contributed by atoms with van der Waals surface area (Å²) in [6, 6.07) is 5.95. The first kappa shape index (κ1) is 19.0. The molecule has 1 aliphatic rings. The Bertz CT molecular complexity index is 632. The average Bonchev–Trinajstić information content (AvgIpc) is 2.59. The molecule has 0 radical (unpaired) electrons. The van der Waals surface area contributed by atoms with Gasteiger partial charge in [0.2, 0.25) is 0 Å². The second kappa shape index (κ2) is 9.24. The van der Waals surface area contributed by atoms with Crippen LogP contribution in [0.4, 0.5) is 10.5 Å². The maximum Gasteiger partial charge on any atom is 0.322 e. The maximum atomic E-state index is 12.0. The summed E-state index contributed by atoms with van der Waals surface area (Å²) in [4.78, 5) is 34.3. The fourth-order valence-corrected chi connectivity index (χ4v) is 2.71. The van der Waals surface area contributed by atoms with Gasteiger partial charge in [-0.2, -0.15) is 0 Å². The van der Waals surface area contributed by atoms with Crippen molar-refractivity contribution in [2.45, 2.75) is 12.8 Å². The van der Waals surface area contributed by atoms with E-state index in [1.165, 1.54) is 6.07 Å². The SMILES string of the molecule is O=C(O)CNC(=O)c1cccc(NC(=O)NCC2CCN(Cl)CC2)c1. The van der Waals surface area contributed by atoms with Crippen molar-refractivity contribution >= 4 is 35.4 Å². The molecule has 1 aromatic rings. The molecule has 1 saturated heterocycles. The molecule has 0 bridgehead atoms. The van der Waals surface area contributed by atoms with Crippen LogP contribution in [0.25, 0.3) is 0 Å². The number of urea groups is 1. The monoisotopic (exact) mass is 368 g/mol. The topological polar surface area (TPSA) is 111 Å². The van der Waals surface area contributed by atoms with Crippen LogP contribution in [0.3, 0.4) is 0 Å². The smallest absolute Gasteiger partial charge is 0.322 e. The van der Waals surface area contributed by atoms with Crippen molar-refractivity contribution in [3.63, 3.8) is 0 Å². The quantitative estimate of drug-likeness (QED) is 0.568. The van der Waals surface area contributed by atoms with Gasteiger partial charge in [0.05, 0.1) is 0 Å². The standard InChI is InChI=1S/C16H21ClN4O4/c17-21-6-4-11(5-7-21)9-19-16(25)20-13-3-1-2-12(8-13)15(24)18-10-14(22)23/h1-3,8,11H,4-7,9-10H2,(H,18,24)(H,22,23)(H2,19,20,25). The van der Waals surface area contributed by atoms with Gasteiger partial charge in [-0.15, -0.1) is 0 Å². The highest BCUT2D eigenvalue weighted by molar-refractivity contribution is 6.13. The van der Waals surface area contributed by atoms with Crippen LogP contribution in [-0.4, -0.2) is 53.6 Å². The zero-order valence-electron chi connectivity index (χ0n) is 13.6. The number of hydrogen-bond acceptors (Lipinski definition) is 4. The molecule has 0 aliphatic carbocycles. The van der Waals surface area contributed by atoms with E-state index in [9.17, 15) is 14.4 Å². The number of carboxylic acid groups (broad SMARTS) is 1. The number of nitrogens with one attached hydrogen (secondary N) is 3. The first-order valence-corrected chi connectivity index (χ1v) is 8.33. The summed E-state index contributed by atoms with van der Waals surface area (Å²) < 4.78 is 1.75. The fourth-order valence-electron chi connectivity index (χ4n) is 2.51. The lowest BCUT2D eigenvalue weighted by Gasteiger charge is -2.27. The molecule has 0 spiro atoms. The zero-order valence-corrected chi connectivity index (χ0v) is 14.4. The summed E-state index contributed by atoms with van der Waals surface area (Å²) in [5, 5.41) is 16.3. The lowest BCUT2D eigenvalue weighted by Crippen LogP contribution is -2.37. The Labute approximate surface area is 150 Å². The summed E-state index contributed by atoms with van der Waals surface area (Å²) in [5.41, 5.74) is 0.726. The van der Waals surface area contributed by atoms with Crippen LogP contribution in [0.5, 0.6) is 0 Å². The van der Waals surface area contributed by atoms with E-state index >= 15 is 0 Å². The highest BCUT2D eigenvalue weighted by atomic mass is 35.5. The first-order valence-electron chi connectivity index (χ1n) is 7.99. The molecule has 8 nitrogen and oxygen atoms in total. The van der Waals surface area contributed by atoms with Gasteiger partial charge >= 0.3 is 12.0 Å². The molecule has 4 N–H and O–H groups in total. The first-order chi connectivity index (χ1) is 11.9. The molecule has 3 amide bonds. The van der Waals surface area contributed by atoms with Crippen molar-refractivity contribution in [2.24, 2.45) is 5.92 Å². The molecule has 25 heavy (non-hydrogen) atoms. The van der Waals surface area contributed by atoms with Crippen LogP contribution in [0, 0.1) is 5.92 Å². The van der Waals surface area contributed by atoms with Crippen molar-refractivity contribution in [3.8, 4) is 0 Å². The molecule has 9 heteroatoms. The van der Waals surface area contributed by atoms with E-state index in [1.54, 1.807) is 22.6 Å². The molecule has 1 aliphatic heterocycles. The predicted octanol–water partition coefficient (Wildman–Crippen LogP) is 1.49. The third-order valence-electron chi connectivity index (χ3n) is 3.89. The van der Waals surface area contributed by atoms with Crippen molar-refractivity contribution in [2.75, 3.05) is 31.5 Å². The number of anilines is 1. The Hall–Kier alpha value is -2.32. The van der Waals surface area contributed by atoms with E-state index in [0.29, 0.717) is 18.2 Å². The van der Waals surface area contributed by atoms with Crippen LogP contribution < -0.4 is 16.0 Å². The Morgan fingerprint density at radius 3 is 2.60 bits per heavy atom. The second-order valence-corrected chi connectivity index (χ2v) is 6.32. The zero-order chi connectivity index (χ0) is 18.2. The Morgan fingerprint density at radius 1 is 1.20 bits per heavy atom. The van der Waals surface area contributed by atoms with Gasteiger partial charge in [-0.3, -0.25) is 9.59 Å².